The molecule has 1 heterocycles. The molecule has 2 aliphatic rings. The number of hydrogen-bond donors (Lipinski definition) is 2. The molecule has 22 heavy (non-hydrogen) atoms. The summed E-state index contributed by atoms with van der Waals surface area (Å²) >= 11 is 0. The summed E-state index contributed by atoms with van der Waals surface area (Å²) in [5.41, 5.74) is 0.0631. The molecule has 1 saturated carbocycles. The highest BCUT2D eigenvalue weighted by Gasteiger charge is 2.39. The van der Waals surface area contributed by atoms with Crippen LogP contribution in [0.1, 0.15) is 46.0 Å². The van der Waals surface area contributed by atoms with E-state index in [9.17, 15) is 9.59 Å². The normalized spacial score (nSPS) is 23.5. The van der Waals surface area contributed by atoms with Crippen LogP contribution >= 0.6 is 0 Å². The molecule has 0 aromatic carbocycles. The lowest BCUT2D eigenvalue weighted by atomic mass is 9.79. The van der Waals surface area contributed by atoms with Crippen molar-refractivity contribution in [2.75, 3.05) is 32.8 Å². The monoisotopic (exact) mass is 311 g/mol. The smallest absolute Gasteiger partial charge is 0.242 e. The first kappa shape index (κ1) is 17.2. The summed E-state index contributed by atoms with van der Waals surface area (Å²) in [4.78, 5) is 25.7. The van der Waals surface area contributed by atoms with E-state index >= 15 is 0 Å². The lowest BCUT2D eigenvalue weighted by molar-refractivity contribution is -0.128. The number of rotatable bonds is 5. The third-order valence-electron chi connectivity index (χ3n) is 4.87. The van der Waals surface area contributed by atoms with E-state index in [0.29, 0.717) is 6.54 Å². The van der Waals surface area contributed by atoms with Crippen molar-refractivity contribution in [2.24, 2.45) is 0 Å². The van der Waals surface area contributed by atoms with Crippen LogP contribution in [-0.4, -0.2) is 61.1 Å². The van der Waals surface area contributed by atoms with Gasteiger partial charge in [-0.2, -0.15) is 0 Å². The fourth-order valence-electron chi connectivity index (χ4n) is 3.63. The maximum Gasteiger partial charge on any atom is 0.242 e. The van der Waals surface area contributed by atoms with Crippen LogP contribution in [0.2, 0.25) is 0 Å². The number of amides is 2. The molecule has 1 aliphatic heterocycles. The Morgan fingerprint density at radius 3 is 2.41 bits per heavy atom. The second-order valence-electron chi connectivity index (χ2n) is 6.52. The molecule has 2 N–H and O–H groups in total. The minimum absolute atomic E-state index is 0.0631. The molecule has 126 valence electrons. The van der Waals surface area contributed by atoms with E-state index in [4.69, 9.17) is 4.74 Å². The number of nitrogens with one attached hydrogen (secondary N) is 2. The number of hydrogen-bond acceptors (Lipinski definition) is 4. The van der Waals surface area contributed by atoms with E-state index in [1.165, 1.54) is 26.2 Å². The van der Waals surface area contributed by atoms with Gasteiger partial charge in [-0.15, -0.1) is 0 Å². The third kappa shape index (κ3) is 4.43. The highest BCUT2D eigenvalue weighted by Crippen LogP contribution is 2.33. The van der Waals surface area contributed by atoms with Gasteiger partial charge >= 0.3 is 0 Å². The highest BCUT2D eigenvalue weighted by atomic mass is 16.5. The zero-order valence-electron chi connectivity index (χ0n) is 13.8. The largest absolute Gasteiger partial charge is 0.379 e. The third-order valence-corrected chi connectivity index (χ3v) is 4.87. The zero-order valence-corrected chi connectivity index (χ0v) is 13.8. The molecule has 0 spiro atoms. The van der Waals surface area contributed by atoms with E-state index in [0.717, 1.165) is 39.1 Å². The molecule has 6 nitrogen and oxygen atoms in total. The molecule has 1 saturated heterocycles. The Bertz CT molecular complexity index is 388. The van der Waals surface area contributed by atoms with Crippen LogP contribution in [0.5, 0.6) is 0 Å². The predicted octanol–water partition coefficient (Wildman–Crippen LogP) is 0.662. The maximum absolute atomic E-state index is 12.2. The van der Waals surface area contributed by atoms with Crippen molar-refractivity contribution < 1.29 is 14.3 Å². The Morgan fingerprint density at radius 1 is 1.18 bits per heavy atom. The molecule has 1 aliphatic carbocycles. The Hall–Kier alpha value is -1.14. The minimum Gasteiger partial charge on any atom is -0.379 e. The fraction of sp³-hybridized carbons (Fsp3) is 0.875. The second kappa shape index (κ2) is 7.92. The van der Waals surface area contributed by atoms with Crippen molar-refractivity contribution in [3.05, 3.63) is 0 Å². The molecule has 2 fully saturated rings. The summed E-state index contributed by atoms with van der Waals surface area (Å²) < 4.78 is 5.47. The van der Waals surface area contributed by atoms with Gasteiger partial charge in [-0.3, -0.25) is 14.5 Å². The van der Waals surface area contributed by atoms with Gasteiger partial charge < -0.3 is 15.4 Å². The molecular formula is C16H29N3O3. The quantitative estimate of drug-likeness (QED) is 0.782. The van der Waals surface area contributed by atoms with Crippen LogP contribution in [0, 0.1) is 0 Å². The van der Waals surface area contributed by atoms with E-state index in [-0.39, 0.29) is 17.4 Å². The van der Waals surface area contributed by atoms with E-state index in [2.05, 4.69) is 15.5 Å². The molecule has 0 bridgehead atoms. The van der Waals surface area contributed by atoms with Crippen LogP contribution in [0.15, 0.2) is 0 Å². The molecule has 0 aromatic rings. The Labute approximate surface area is 132 Å². The van der Waals surface area contributed by atoms with Gasteiger partial charge in [-0.1, -0.05) is 19.3 Å². The van der Waals surface area contributed by atoms with Crippen molar-refractivity contribution in [3.8, 4) is 0 Å². The fourth-order valence-corrected chi connectivity index (χ4v) is 3.63. The van der Waals surface area contributed by atoms with Gasteiger partial charge in [0.05, 0.1) is 13.2 Å². The molecule has 2 rings (SSSR count). The number of nitrogens with zero attached hydrogens (tertiary/aromatic N) is 1. The minimum atomic E-state index is -0.483. The lowest BCUT2D eigenvalue weighted by Gasteiger charge is -2.48. The maximum atomic E-state index is 12.2. The SMILES string of the molecule is CC(=O)N[C@@H](C)C(=O)NCC1(N2CCOCC2)CCCCC1. The van der Waals surface area contributed by atoms with Crippen molar-refractivity contribution in [3.63, 3.8) is 0 Å². The van der Waals surface area contributed by atoms with Crippen molar-refractivity contribution >= 4 is 11.8 Å². The standard InChI is InChI=1S/C16H29N3O3/c1-13(18-14(2)20)15(21)17-12-16(6-4-3-5-7-16)19-8-10-22-11-9-19/h13H,3-12H2,1-2H3,(H,17,21)(H,18,20)/t13-/m0/s1. The molecular weight excluding hydrogens is 282 g/mol. The van der Waals surface area contributed by atoms with Crippen LogP contribution in [0.25, 0.3) is 0 Å². The average Bonchev–Trinajstić information content (AvgIpc) is 2.53. The summed E-state index contributed by atoms with van der Waals surface area (Å²) in [6.45, 7) is 7.25. The molecule has 1 atom stereocenters. The molecule has 0 aromatic heterocycles. The lowest BCUT2D eigenvalue weighted by Crippen LogP contribution is -2.60. The zero-order chi connectivity index (χ0) is 16.0. The first-order chi connectivity index (χ1) is 10.5. The topological polar surface area (TPSA) is 70.7 Å². The van der Waals surface area contributed by atoms with Gasteiger partial charge in [0.25, 0.3) is 0 Å². The summed E-state index contributed by atoms with van der Waals surface area (Å²) in [6.07, 6.45) is 5.97. The predicted molar refractivity (Wildman–Crippen MR) is 84.5 cm³/mol. The number of morpholine rings is 1. The van der Waals surface area contributed by atoms with Crippen molar-refractivity contribution in [2.45, 2.75) is 57.5 Å². The van der Waals surface area contributed by atoms with Crippen LogP contribution in [0.4, 0.5) is 0 Å². The van der Waals surface area contributed by atoms with E-state index < -0.39 is 6.04 Å². The van der Waals surface area contributed by atoms with Gasteiger partial charge in [-0.05, 0) is 19.8 Å². The first-order valence-corrected chi connectivity index (χ1v) is 8.41. The van der Waals surface area contributed by atoms with Crippen molar-refractivity contribution in [1.29, 1.82) is 0 Å². The van der Waals surface area contributed by atoms with E-state index in [1.807, 2.05) is 0 Å². The highest BCUT2D eigenvalue weighted by molar-refractivity contribution is 5.86. The summed E-state index contributed by atoms with van der Waals surface area (Å²) in [5.74, 6) is -0.281. The summed E-state index contributed by atoms with van der Waals surface area (Å²) in [5, 5.41) is 5.70. The molecule has 0 radical (unpaired) electrons. The summed E-state index contributed by atoms with van der Waals surface area (Å²) in [7, 11) is 0. The molecule has 2 amide bonds. The number of ether oxygens (including phenoxy) is 1. The van der Waals surface area contributed by atoms with Gasteiger partial charge in [0, 0.05) is 32.1 Å². The van der Waals surface area contributed by atoms with Gasteiger partial charge in [0.1, 0.15) is 6.04 Å². The van der Waals surface area contributed by atoms with E-state index in [1.54, 1.807) is 6.92 Å². The van der Waals surface area contributed by atoms with Gasteiger partial charge in [0.2, 0.25) is 11.8 Å². The van der Waals surface area contributed by atoms with Crippen LogP contribution < -0.4 is 10.6 Å². The average molecular weight is 311 g/mol. The Kier molecular flexibility index (Phi) is 6.20. The molecule has 6 heteroatoms. The summed E-state index contributed by atoms with van der Waals surface area (Å²) in [6, 6.07) is -0.483. The second-order valence-corrected chi connectivity index (χ2v) is 6.52. The number of carbonyl (C=O) groups excluding carboxylic acids is 2. The Morgan fingerprint density at radius 2 is 1.82 bits per heavy atom. The van der Waals surface area contributed by atoms with Crippen molar-refractivity contribution in [1.82, 2.24) is 15.5 Å². The first-order valence-electron chi connectivity index (χ1n) is 8.41. The molecule has 0 unspecified atom stereocenters. The van der Waals surface area contributed by atoms with Crippen LogP contribution in [0.3, 0.4) is 0 Å². The van der Waals surface area contributed by atoms with Gasteiger partial charge in [0.15, 0.2) is 0 Å². The Balaban J connectivity index is 1.94. The van der Waals surface area contributed by atoms with Crippen LogP contribution in [-0.2, 0) is 14.3 Å². The van der Waals surface area contributed by atoms with Gasteiger partial charge in [-0.25, -0.2) is 0 Å². The number of carbonyl (C=O) groups is 2.